The zero-order valence-electron chi connectivity index (χ0n) is 9.48. The molecule has 3 N–H and O–H groups in total. The van der Waals surface area contributed by atoms with Crippen LogP contribution in [0.4, 0.5) is 4.79 Å². The summed E-state index contributed by atoms with van der Waals surface area (Å²) in [5.41, 5.74) is 0.235. The van der Waals surface area contributed by atoms with Gasteiger partial charge < -0.3 is 20.4 Å². The molecular formula is C11H13N3O4. The van der Waals surface area contributed by atoms with Gasteiger partial charge in [0.15, 0.2) is 0 Å². The lowest BCUT2D eigenvalue weighted by molar-refractivity contribution is 0.0883. The van der Waals surface area contributed by atoms with E-state index in [1.54, 1.807) is 18.2 Å². The fourth-order valence-corrected chi connectivity index (χ4v) is 1.82. The van der Waals surface area contributed by atoms with Crippen LogP contribution in [0.1, 0.15) is 10.5 Å². The molecule has 1 aliphatic rings. The fraction of sp³-hybridized carbons (Fsp3) is 0.364. The van der Waals surface area contributed by atoms with Crippen LogP contribution in [0, 0.1) is 0 Å². The number of carbonyl (C=O) groups is 2. The minimum absolute atomic E-state index is 0.00248. The molecule has 2 atom stereocenters. The van der Waals surface area contributed by atoms with Gasteiger partial charge in [-0.3, -0.25) is 9.78 Å². The lowest BCUT2D eigenvalue weighted by atomic mass is 10.2. The highest BCUT2D eigenvalue weighted by atomic mass is 16.4. The molecule has 0 aromatic carbocycles. The average Bonchev–Trinajstić information content (AvgIpc) is 2.72. The Kier molecular flexibility index (Phi) is 3.42. The molecule has 18 heavy (non-hydrogen) atoms. The van der Waals surface area contributed by atoms with Crippen LogP contribution in [-0.2, 0) is 0 Å². The van der Waals surface area contributed by atoms with Crippen molar-refractivity contribution >= 4 is 12.0 Å². The third-order valence-electron chi connectivity index (χ3n) is 2.77. The minimum atomic E-state index is -1.11. The summed E-state index contributed by atoms with van der Waals surface area (Å²) < 4.78 is 0. The Labute approximate surface area is 103 Å². The normalized spacial score (nSPS) is 22.8. The summed E-state index contributed by atoms with van der Waals surface area (Å²) in [4.78, 5) is 27.5. The van der Waals surface area contributed by atoms with E-state index in [4.69, 9.17) is 5.11 Å². The van der Waals surface area contributed by atoms with Gasteiger partial charge in [-0.15, -0.1) is 0 Å². The number of hydrogen-bond donors (Lipinski definition) is 3. The van der Waals surface area contributed by atoms with Crippen molar-refractivity contribution < 1.29 is 19.8 Å². The van der Waals surface area contributed by atoms with E-state index in [0.29, 0.717) is 0 Å². The largest absolute Gasteiger partial charge is 0.465 e. The predicted octanol–water partition coefficient (Wildman–Crippen LogP) is -0.465. The van der Waals surface area contributed by atoms with Crippen LogP contribution in [-0.4, -0.2) is 57.3 Å². The van der Waals surface area contributed by atoms with Crippen LogP contribution in [0.25, 0.3) is 0 Å². The van der Waals surface area contributed by atoms with Crippen LogP contribution in [0.3, 0.4) is 0 Å². The maximum atomic E-state index is 11.8. The Hall–Kier alpha value is -2.15. The van der Waals surface area contributed by atoms with Gasteiger partial charge in [0.2, 0.25) is 0 Å². The Morgan fingerprint density at radius 3 is 2.72 bits per heavy atom. The van der Waals surface area contributed by atoms with Crippen molar-refractivity contribution in [3.8, 4) is 0 Å². The number of carboxylic acid groups (broad SMARTS) is 1. The van der Waals surface area contributed by atoms with Crippen molar-refractivity contribution in [1.29, 1.82) is 0 Å². The molecule has 96 valence electrons. The van der Waals surface area contributed by atoms with Gasteiger partial charge in [0.05, 0.1) is 18.7 Å². The molecule has 0 saturated carbocycles. The van der Waals surface area contributed by atoms with E-state index in [2.05, 4.69) is 10.3 Å². The number of pyridine rings is 1. The van der Waals surface area contributed by atoms with Gasteiger partial charge in [-0.1, -0.05) is 6.07 Å². The first kappa shape index (κ1) is 12.3. The van der Waals surface area contributed by atoms with Crippen molar-refractivity contribution in [1.82, 2.24) is 15.2 Å². The van der Waals surface area contributed by atoms with Gasteiger partial charge in [0.1, 0.15) is 5.69 Å². The zero-order chi connectivity index (χ0) is 13.1. The number of amides is 2. The molecule has 1 aromatic rings. The molecular weight excluding hydrogens is 238 g/mol. The van der Waals surface area contributed by atoms with E-state index in [1.807, 2.05) is 0 Å². The molecule has 7 heteroatoms. The van der Waals surface area contributed by atoms with Gasteiger partial charge in [0.25, 0.3) is 5.91 Å². The molecule has 0 bridgehead atoms. The second kappa shape index (κ2) is 5.01. The number of carbonyl (C=O) groups excluding carboxylic acids is 1. The summed E-state index contributed by atoms with van der Waals surface area (Å²) in [6.45, 7) is 0.0809. The summed E-state index contributed by atoms with van der Waals surface area (Å²) >= 11 is 0. The molecule has 1 aliphatic heterocycles. The zero-order valence-corrected chi connectivity index (χ0v) is 9.48. The summed E-state index contributed by atoms with van der Waals surface area (Å²) in [5, 5.41) is 21.0. The Morgan fingerprint density at radius 2 is 2.17 bits per heavy atom. The lowest BCUT2D eigenvalue weighted by Gasteiger charge is -2.14. The number of nitrogens with one attached hydrogen (secondary N) is 1. The average molecular weight is 251 g/mol. The van der Waals surface area contributed by atoms with E-state index < -0.39 is 24.1 Å². The summed E-state index contributed by atoms with van der Waals surface area (Å²) in [5.74, 6) is -0.424. The highest BCUT2D eigenvalue weighted by Crippen LogP contribution is 2.10. The number of likely N-dealkylation sites (tertiary alicyclic amines) is 1. The van der Waals surface area contributed by atoms with Gasteiger partial charge in [0, 0.05) is 12.7 Å². The lowest BCUT2D eigenvalue weighted by Crippen LogP contribution is -2.43. The topological polar surface area (TPSA) is 103 Å². The summed E-state index contributed by atoms with van der Waals surface area (Å²) in [6.07, 6.45) is -0.513. The van der Waals surface area contributed by atoms with Crippen molar-refractivity contribution in [2.24, 2.45) is 0 Å². The number of aliphatic hydroxyl groups is 1. The van der Waals surface area contributed by atoms with Crippen LogP contribution in [0.5, 0.6) is 0 Å². The number of nitrogens with zero attached hydrogens (tertiary/aromatic N) is 2. The molecule has 2 unspecified atom stereocenters. The number of β-amino-alcohol motifs (C(OH)–C–C–N with tert-alkyl or cyclic N) is 1. The molecule has 0 spiro atoms. The van der Waals surface area contributed by atoms with Gasteiger partial charge in [-0.05, 0) is 12.1 Å². The standard InChI is InChI=1S/C11H13N3O4/c15-9-6-14(11(17)18)5-8(9)13-10(16)7-3-1-2-4-12-7/h1-4,8-9,15H,5-6H2,(H,13,16)(H,17,18). The number of hydrogen-bond acceptors (Lipinski definition) is 4. The summed E-state index contributed by atoms with van der Waals surface area (Å²) in [7, 11) is 0. The van der Waals surface area contributed by atoms with Crippen LogP contribution in [0.2, 0.25) is 0 Å². The van der Waals surface area contributed by atoms with E-state index in [1.165, 1.54) is 6.20 Å². The molecule has 0 aliphatic carbocycles. The van der Waals surface area contributed by atoms with Gasteiger partial charge in [-0.25, -0.2) is 4.79 Å². The van der Waals surface area contributed by atoms with Crippen LogP contribution < -0.4 is 5.32 Å². The van der Waals surface area contributed by atoms with E-state index in [9.17, 15) is 14.7 Å². The molecule has 1 fully saturated rings. The van der Waals surface area contributed by atoms with Gasteiger partial charge >= 0.3 is 6.09 Å². The van der Waals surface area contributed by atoms with E-state index in [-0.39, 0.29) is 18.8 Å². The quantitative estimate of drug-likeness (QED) is 0.659. The van der Waals surface area contributed by atoms with Gasteiger partial charge in [-0.2, -0.15) is 0 Å². The first-order valence-electron chi connectivity index (χ1n) is 5.46. The Morgan fingerprint density at radius 1 is 1.39 bits per heavy atom. The summed E-state index contributed by atoms with van der Waals surface area (Å²) in [6, 6.07) is 4.31. The highest BCUT2D eigenvalue weighted by Gasteiger charge is 2.35. The number of aliphatic hydroxyl groups excluding tert-OH is 1. The molecule has 7 nitrogen and oxygen atoms in total. The maximum absolute atomic E-state index is 11.8. The second-order valence-electron chi connectivity index (χ2n) is 4.05. The predicted molar refractivity (Wildman–Crippen MR) is 61.1 cm³/mol. The molecule has 1 saturated heterocycles. The first-order chi connectivity index (χ1) is 8.58. The molecule has 2 amide bonds. The van der Waals surface area contributed by atoms with Crippen molar-refractivity contribution in [3.05, 3.63) is 30.1 Å². The molecule has 1 aromatic heterocycles. The van der Waals surface area contributed by atoms with Crippen LogP contribution in [0.15, 0.2) is 24.4 Å². The molecule has 0 radical (unpaired) electrons. The van der Waals surface area contributed by atoms with E-state index >= 15 is 0 Å². The third-order valence-corrected chi connectivity index (χ3v) is 2.77. The molecule has 2 rings (SSSR count). The maximum Gasteiger partial charge on any atom is 0.407 e. The fourth-order valence-electron chi connectivity index (χ4n) is 1.82. The number of aromatic nitrogens is 1. The SMILES string of the molecule is O=C(NC1CN(C(=O)O)CC1O)c1ccccn1. The monoisotopic (exact) mass is 251 g/mol. The Bertz CT molecular complexity index is 451. The second-order valence-corrected chi connectivity index (χ2v) is 4.05. The van der Waals surface area contributed by atoms with Crippen molar-refractivity contribution in [2.45, 2.75) is 12.1 Å². The Balaban J connectivity index is 1.98. The minimum Gasteiger partial charge on any atom is -0.465 e. The first-order valence-corrected chi connectivity index (χ1v) is 5.46. The van der Waals surface area contributed by atoms with Crippen molar-refractivity contribution in [3.63, 3.8) is 0 Å². The third kappa shape index (κ3) is 2.57. The number of rotatable bonds is 2. The van der Waals surface area contributed by atoms with Crippen molar-refractivity contribution in [2.75, 3.05) is 13.1 Å². The highest BCUT2D eigenvalue weighted by molar-refractivity contribution is 5.92. The van der Waals surface area contributed by atoms with Crippen LogP contribution >= 0.6 is 0 Å². The van der Waals surface area contributed by atoms with E-state index in [0.717, 1.165) is 4.90 Å². The molecule has 2 heterocycles. The smallest absolute Gasteiger partial charge is 0.407 e.